The van der Waals surface area contributed by atoms with Crippen molar-refractivity contribution in [3.8, 4) is 0 Å². The summed E-state index contributed by atoms with van der Waals surface area (Å²) in [6.45, 7) is 10.2. The molecule has 0 radical (unpaired) electrons. The van der Waals surface area contributed by atoms with E-state index in [1.807, 2.05) is 17.0 Å². The second kappa shape index (κ2) is 8.74. The SMILES string of the molecule is CC(CN1CCN(CC(=O)N2CCOCC2)CC1)c1ccc(F)cc1. The average Bonchev–Trinajstić information content (AvgIpc) is 2.64. The molecule has 2 fully saturated rings. The Kier molecular flexibility index (Phi) is 6.39. The fourth-order valence-electron chi connectivity index (χ4n) is 3.52. The lowest BCUT2D eigenvalue weighted by Crippen LogP contribution is -2.51. The highest BCUT2D eigenvalue weighted by atomic mass is 19.1. The molecule has 0 bridgehead atoms. The van der Waals surface area contributed by atoms with E-state index < -0.39 is 0 Å². The Morgan fingerprint density at radius 1 is 1.04 bits per heavy atom. The summed E-state index contributed by atoms with van der Waals surface area (Å²) in [6, 6.07) is 6.80. The number of halogens is 1. The summed E-state index contributed by atoms with van der Waals surface area (Å²) < 4.78 is 18.3. The first-order valence-electron chi connectivity index (χ1n) is 9.17. The molecule has 138 valence electrons. The molecular formula is C19H28FN3O2. The van der Waals surface area contributed by atoms with Crippen molar-refractivity contribution in [3.63, 3.8) is 0 Å². The third-order valence-electron chi connectivity index (χ3n) is 5.16. The monoisotopic (exact) mass is 349 g/mol. The van der Waals surface area contributed by atoms with E-state index in [4.69, 9.17) is 4.74 Å². The maximum absolute atomic E-state index is 13.0. The molecule has 1 aromatic carbocycles. The van der Waals surface area contributed by atoms with Gasteiger partial charge in [-0.15, -0.1) is 0 Å². The second-order valence-corrected chi connectivity index (χ2v) is 7.02. The zero-order valence-electron chi connectivity index (χ0n) is 15.0. The van der Waals surface area contributed by atoms with Crippen molar-refractivity contribution in [1.82, 2.24) is 14.7 Å². The van der Waals surface area contributed by atoms with Gasteiger partial charge in [-0.2, -0.15) is 0 Å². The van der Waals surface area contributed by atoms with Gasteiger partial charge in [-0.05, 0) is 23.6 Å². The molecule has 1 unspecified atom stereocenters. The molecule has 2 aliphatic heterocycles. The smallest absolute Gasteiger partial charge is 0.236 e. The molecule has 0 saturated carbocycles. The van der Waals surface area contributed by atoms with E-state index in [2.05, 4.69) is 16.7 Å². The van der Waals surface area contributed by atoms with Gasteiger partial charge in [0.15, 0.2) is 0 Å². The van der Waals surface area contributed by atoms with Crippen LogP contribution in [0.5, 0.6) is 0 Å². The van der Waals surface area contributed by atoms with Crippen LogP contribution in [-0.4, -0.2) is 86.2 Å². The number of piperazine rings is 1. The van der Waals surface area contributed by atoms with Crippen molar-refractivity contribution in [3.05, 3.63) is 35.6 Å². The summed E-state index contributed by atoms with van der Waals surface area (Å²) in [5, 5.41) is 0. The number of amides is 1. The van der Waals surface area contributed by atoms with Gasteiger partial charge in [-0.3, -0.25) is 9.69 Å². The standard InChI is InChI=1S/C19H28FN3O2/c1-16(17-2-4-18(20)5-3-17)14-21-6-8-22(9-7-21)15-19(24)23-10-12-25-13-11-23/h2-5,16H,6-15H2,1H3. The number of morpholine rings is 1. The van der Waals surface area contributed by atoms with Crippen molar-refractivity contribution in [2.45, 2.75) is 12.8 Å². The zero-order chi connectivity index (χ0) is 17.6. The van der Waals surface area contributed by atoms with Crippen LogP contribution in [0.3, 0.4) is 0 Å². The number of rotatable bonds is 5. The van der Waals surface area contributed by atoms with Crippen LogP contribution in [0.2, 0.25) is 0 Å². The van der Waals surface area contributed by atoms with E-state index in [0.29, 0.717) is 38.8 Å². The predicted molar refractivity (Wildman–Crippen MR) is 95.1 cm³/mol. The lowest BCUT2D eigenvalue weighted by molar-refractivity contribution is -0.136. The van der Waals surface area contributed by atoms with Gasteiger partial charge in [0, 0.05) is 45.8 Å². The minimum absolute atomic E-state index is 0.186. The minimum Gasteiger partial charge on any atom is -0.378 e. The number of hydrogen-bond acceptors (Lipinski definition) is 4. The van der Waals surface area contributed by atoms with Crippen LogP contribution < -0.4 is 0 Å². The Bertz CT molecular complexity index is 552. The molecule has 1 amide bonds. The normalized spacial score (nSPS) is 21.3. The average molecular weight is 349 g/mol. The first-order chi connectivity index (χ1) is 12.1. The fourth-order valence-corrected chi connectivity index (χ4v) is 3.52. The first kappa shape index (κ1) is 18.3. The lowest BCUT2D eigenvalue weighted by Gasteiger charge is -2.37. The maximum atomic E-state index is 13.0. The van der Waals surface area contributed by atoms with Crippen molar-refractivity contribution >= 4 is 5.91 Å². The summed E-state index contributed by atoms with van der Waals surface area (Å²) >= 11 is 0. The number of carbonyl (C=O) groups excluding carboxylic acids is 1. The van der Waals surface area contributed by atoms with Crippen LogP contribution in [0.15, 0.2) is 24.3 Å². The van der Waals surface area contributed by atoms with Crippen LogP contribution >= 0.6 is 0 Å². The van der Waals surface area contributed by atoms with Crippen LogP contribution in [0.1, 0.15) is 18.4 Å². The Morgan fingerprint density at radius 2 is 1.64 bits per heavy atom. The molecule has 1 atom stereocenters. The number of ether oxygens (including phenoxy) is 1. The highest BCUT2D eigenvalue weighted by molar-refractivity contribution is 5.78. The Hall–Kier alpha value is -1.50. The van der Waals surface area contributed by atoms with Crippen LogP contribution in [0, 0.1) is 5.82 Å². The van der Waals surface area contributed by atoms with Crippen molar-refractivity contribution in [2.75, 3.05) is 65.6 Å². The number of hydrogen-bond donors (Lipinski definition) is 0. The highest BCUT2D eigenvalue weighted by Crippen LogP contribution is 2.18. The van der Waals surface area contributed by atoms with Crippen LogP contribution in [0.4, 0.5) is 4.39 Å². The van der Waals surface area contributed by atoms with Crippen molar-refractivity contribution < 1.29 is 13.9 Å². The van der Waals surface area contributed by atoms with E-state index in [-0.39, 0.29) is 11.7 Å². The van der Waals surface area contributed by atoms with Gasteiger partial charge in [0.2, 0.25) is 5.91 Å². The third-order valence-corrected chi connectivity index (χ3v) is 5.16. The summed E-state index contributed by atoms with van der Waals surface area (Å²) in [4.78, 5) is 18.9. The van der Waals surface area contributed by atoms with Gasteiger partial charge in [0.05, 0.1) is 19.8 Å². The molecule has 25 heavy (non-hydrogen) atoms. The van der Waals surface area contributed by atoms with E-state index in [1.54, 1.807) is 0 Å². The van der Waals surface area contributed by atoms with Crippen molar-refractivity contribution in [2.24, 2.45) is 0 Å². The molecule has 0 aromatic heterocycles. The van der Waals surface area contributed by atoms with E-state index >= 15 is 0 Å². The quantitative estimate of drug-likeness (QED) is 0.805. The zero-order valence-corrected chi connectivity index (χ0v) is 15.0. The topological polar surface area (TPSA) is 36.0 Å². The molecule has 0 aliphatic carbocycles. The lowest BCUT2D eigenvalue weighted by atomic mass is 10.0. The highest BCUT2D eigenvalue weighted by Gasteiger charge is 2.23. The summed E-state index contributed by atoms with van der Waals surface area (Å²) in [7, 11) is 0. The molecule has 3 rings (SSSR count). The summed E-state index contributed by atoms with van der Waals surface area (Å²) in [6.07, 6.45) is 0. The van der Waals surface area contributed by atoms with Crippen LogP contribution in [0.25, 0.3) is 0 Å². The Labute approximate surface area is 149 Å². The van der Waals surface area contributed by atoms with Gasteiger partial charge < -0.3 is 14.5 Å². The number of nitrogens with zero attached hydrogens (tertiary/aromatic N) is 3. The first-order valence-corrected chi connectivity index (χ1v) is 9.17. The van der Waals surface area contributed by atoms with Crippen molar-refractivity contribution in [1.29, 1.82) is 0 Å². The molecule has 0 N–H and O–H groups in total. The maximum Gasteiger partial charge on any atom is 0.236 e. The third kappa shape index (κ3) is 5.23. The minimum atomic E-state index is -0.186. The van der Waals surface area contributed by atoms with Gasteiger partial charge in [0.1, 0.15) is 5.82 Å². The van der Waals surface area contributed by atoms with E-state index in [0.717, 1.165) is 32.7 Å². The molecule has 5 nitrogen and oxygen atoms in total. The summed E-state index contributed by atoms with van der Waals surface area (Å²) in [5.41, 5.74) is 1.17. The Balaban J connectivity index is 1.40. The van der Waals surface area contributed by atoms with Gasteiger partial charge in [0.25, 0.3) is 0 Å². The Morgan fingerprint density at radius 3 is 2.28 bits per heavy atom. The molecule has 0 spiro atoms. The molecule has 2 saturated heterocycles. The fraction of sp³-hybridized carbons (Fsp3) is 0.632. The molecule has 1 aromatic rings. The van der Waals surface area contributed by atoms with Gasteiger partial charge >= 0.3 is 0 Å². The number of benzene rings is 1. The number of carbonyl (C=O) groups is 1. The van der Waals surface area contributed by atoms with E-state index in [1.165, 1.54) is 17.7 Å². The molecule has 2 heterocycles. The predicted octanol–water partition coefficient (Wildman–Crippen LogP) is 1.41. The molecule has 6 heteroatoms. The molecule has 2 aliphatic rings. The second-order valence-electron chi connectivity index (χ2n) is 7.02. The molecular weight excluding hydrogens is 321 g/mol. The van der Waals surface area contributed by atoms with Crippen LogP contribution in [-0.2, 0) is 9.53 Å². The van der Waals surface area contributed by atoms with Gasteiger partial charge in [-0.1, -0.05) is 19.1 Å². The van der Waals surface area contributed by atoms with Gasteiger partial charge in [-0.25, -0.2) is 4.39 Å². The summed E-state index contributed by atoms with van der Waals surface area (Å²) in [5.74, 6) is 0.410. The van der Waals surface area contributed by atoms with E-state index in [9.17, 15) is 9.18 Å². The largest absolute Gasteiger partial charge is 0.378 e.